The summed E-state index contributed by atoms with van der Waals surface area (Å²) in [5.74, 6) is -1.19. The molecule has 2 atom stereocenters. The Bertz CT molecular complexity index is 1040. The zero-order chi connectivity index (χ0) is 28.0. The van der Waals surface area contributed by atoms with Gasteiger partial charge < -0.3 is 30.2 Å². The summed E-state index contributed by atoms with van der Waals surface area (Å²) < 4.78 is 15.3. The van der Waals surface area contributed by atoms with E-state index in [1.165, 1.54) is 7.11 Å². The molecule has 0 unspecified atom stereocenters. The minimum absolute atomic E-state index is 0.0278. The Morgan fingerprint density at radius 3 is 2.00 bits per heavy atom. The van der Waals surface area contributed by atoms with Crippen molar-refractivity contribution in [2.75, 3.05) is 13.7 Å². The molecular weight excluding hydrogens is 490 g/mol. The zero-order valence-electron chi connectivity index (χ0n) is 22.3. The van der Waals surface area contributed by atoms with E-state index in [4.69, 9.17) is 14.2 Å². The summed E-state index contributed by atoms with van der Waals surface area (Å²) in [5.41, 5.74) is 0.980. The number of nitrogens with one attached hydrogen (secondary N) is 3. The maximum absolute atomic E-state index is 13.2. The van der Waals surface area contributed by atoms with Crippen LogP contribution in [0.1, 0.15) is 44.7 Å². The molecule has 0 radical (unpaired) electrons. The quantitative estimate of drug-likeness (QED) is 0.219. The summed E-state index contributed by atoms with van der Waals surface area (Å²) >= 11 is 0. The lowest BCUT2D eigenvalue weighted by Gasteiger charge is -2.23. The highest BCUT2D eigenvalue weighted by Crippen LogP contribution is 2.09. The summed E-state index contributed by atoms with van der Waals surface area (Å²) in [7, 11) is 1.24. The molecule has 0 spiro atoms. The van der Waals surface area contributed by atoms with Gasteiger partial charge in [-0.05, 0) is 44.7 Å². The summed E-state index contributed by atoms with van der Waals surface area (Å²) in [6.07, 6.45) is -0.641. The Morgan fingerprint density at radius 2 is 1.42 bits per heavy atom. The van der Waals surface area contributed by atoms with Crippen LogP contribution in [0.25, 0.3) is 0 Å². The van der Waals surface area contributed by atoms with E-state index in [2.05, 4.69) is 16.0 Å². The second-order valence-corrected chi connectivity index (χ2v) is 9.60. The monoisotopic (exact) mass is 527 g/mol. The van der Waals surface area contributed by atoms with Crippen LogP contribution in [-0.4, -0.2) is 55.4 Å². The second-order valence-electron chi connectivity index (χ2n) is 9.60. The number of hydrogen-bond acceptors (Lipinski definition) is 7. The van der Waals surface area contributed by atoms with Crippen LogP contribution in [0.4, 0.5) is 9.59 Å². The SMILES string of the molecule is COC(=O)[C@H](Cc1ccccc1)NC(=O)[C@H](CCCNC(=O)OC(C)(C)C)NC(=O)OCc1ccccc1. The van der Waals surface area contributed by atoms with Crippen LogP contribution in [0.3, 0.4) is 0 Å². The fourth-order valence-corrected chi connectivity index (χ4v) is 3.44. The third-order valence-corrected chi connectivity index (χ3v) is 5.24. The lowest BCUT2D eigenvalue weighted by Crippen LogP contribution is -2.52. The lowest BCUT2D eigenvalue weighted by molar-refractivity contribution is -0.145. The van der Waals surface area contributed by atoms with Gasteiger partial charge in [-0.25, -0.2) is 14.4 Å². The first-order valence-corrected chi connectivity index (χ1v) is 12.4. The Morgan fingerprint density at radius 1 is 0.816 bits per heavy atom. The summed E-state index contributed by atoms with van der Waals surface area (Å²) in [6.45, 7) is 5.51. The normalized spacial score (nSPS) is 12.4. The molecule has 10 heteroatoms. The minimum Gasteiger partial charge on any atom is -0.467 e. The van der Waals surface area contributed by atoms with Crippen LogP contribution in [0.2, 0.25) is 0 Å². The average Bonchev–Trinajstić information content (AvgIpc) is 2.88. The average molecular weight is 528 g/mol. The number of rotatable bonds is 12. The van der Waals surface area contributed by atoms with Gasteiger partial charge in [0.05, 0.1) is 7.11 Å². The minimum atomic E-state index is -1.03. The molecular formula is C28H37N3O7. The number of esters is 1. The maximum atomic E-state index is 13.2. The predicted molar refractivity (Wildman–Crippen MR) is 141 cm³/mol. The molecule has 0 aliphatic rings. The van der Waals surface area contributed by atoms with Crippen LogP contribution in [0, 0.1) is 0 Å². The molecule has 0 bridgehead atoms. The van der Waals surface area contributed by atoms with Crippen molar-refractivity contribution in [3.8, 4) is 0 Å². The van der Waals surface area contributed by atoms with E-state index in [-0.39, 0.29) is 26.0 Å². The van der Waals surface area contributed by atoms with Crippen LogP contribution >= 0.6 is 0 Å². The van der Waals surface area contributed by atoms with Crippen molar-refractivity contribution in [2.24, 2.45) is 0 Å². The standard InChI is InChI=1S/C28H37N3O7/c1-28(2,3)38-26(34)29-17-11-16-22(31-27(35)37-19-21-14-9-6-10-15-21)24(32)30-23(25(33)36-4)18-20-12-7-5-8-13-20/h5-10,12-15,22-23H,11,16-19H2,1-4H3,(H,29,34)(H,30,32)(H,31,35)/t22-,23-/m0/s1. The molecule has 38 heavy (non-hydrogen) atoms. The fraction of sp³-hybridized carbons (Fsp3) is 0.429. The first-order valence-electron chi connectivity index (χ1n) is 12.4. The highest BCUT2D eigenvalue weighted by molar-refractivity contribution is 5.89. The third kappa shape index (κ3) is 11.8. The molecule has 0 aliphatic carbocycles. The number of amides is 3. The van der Waals surface area contributed by atoms with Crippen LogP contribution in [0.5, 0.6) is 0 Å². The largest absolute Gasteiger partial charge is 0.467 e. The van der Waals surface area contributed by atoms with E-state index >= 15 is 0 Å². The molecule has 2 aromatic rings. The van der Waals surface area contributed by atoms with Gasteiger partial charge in [-0.15, -0.1) is 0 Å². The van der Waals surface area contributed by atoms with Gasteiger partial charge >= 0.3 is 18.2 Å². The van der Waals surface area contributed by atoms with Crippen molar-refractivity contribution in [3.05, 3.63) is 71.8 Å². The van der Waals surface area contributed by atoms with Crippen LogP contribution in [0.15, 0.2) is 60.7 Å². The van der Waals surface area contributed by atoms with Gasteiger partial charge in [0.15, 0.2) is 0 Å². The molecule has 10 nitrogen and oxygen atoms in total. The zero-order valence-corrected chi connectivity index (χ0v) is 22.3. The smallest absolute Gasteiger partial charge is 0.408 e. The van der Waals surface area contributed by atoms with Crippen molar-refractivity contribution in [3.63, 3.8) is 0 Å². The molecule has 0 aromatic heterocycles. The van der Waals surface area contributed by atoms with E-state index < -0.39 is 41.7 Å². The molecule has 3 amide bonds. The van der Waals surface area contributed by atoms with E-state index in [0.29, 0.717) is 6.42 Å². The first-order chi connectivity index (χ1) is 18.1. The molecule has 0 aliphatic heterocycles. The molecule has 0 fully saturated rings. The van der Waals surface area contributed by atoms with Gasteiger partial charge in [-0.3, -0.25) is 4.79 Å². The van der Waals surface area contributed by atoms with Gasteiger partial charge in [0, 0.05) is 13.0 Å². The Labute approximate surface area is 223 Å². The van der Waals surface area contributed by atoms with Crippen LogP contribution in [-0.2, 0) is 36.8 Å². The van der Waals surface area contributed by atoms with Crippen molar-refractivity contribution in [2.45, 2.75) is 64.3 Å². The summed E-state index contributed by atoms with van der Waals surface area (Å²) in [6, 6.07) is 16.3. The molecule has 206 valence electrons. The molecule has 3 N–H and O–H groups in total. The molecule has 0 heterocycles. The first kappa shape index (κ1) is 30.1. The number of alkyl carbamates (subject to hydrolysis) is 2. The Hall–Kier alpha value is -4.08. The van der Waals surface area contributed by atoms with E-state index in [9.17, 15) is 19.2 Å². The van der Waals surface area contributed by atoms with Crippen molar-refractivity contribution >= 4 is 24.1 Å². The number of ether oxygens (including phenoxy) is 3. The van der Waals surface area contributed by atoms with Gasteiger partial charge in [-0.1, -0.05) is 60.7 Å². The topological polar surface area (TPSA) is 132 Å². The van der Waals surface area contributed by atoms with Crippen LogP contribution < -0.4 is 16.0 Å². The van der Waals surface area contributed by atoms with Gasteiger partial charge in [0.1, 0.15) is 24.3 Å². The molecule has 2 aromatic carbocycles. The third-order valence-electron chi connectivity index (χ3n) is 5.24. The van der Waals surface area contributed by atoms with Crippen molar-refractivity contribution in [1.29, 1.82) is 0 Å². The maximum Gasteiger partial charge on any atom is 0.408 e. The van der Waals surface area contributed by atoms with Gasteiger partial charge in [-0.2, -0.15) is 0 Å². The predicted octanol–water partition coefficient (Wildman–Crippen LogP) is 3.49. The van der Waals surface area contributed by atoms with Crippen molar-refractivity contribution in [1.82, 2.24) is 16.0 Å². The molecule has 0 saturated carbocycles. The van der Waals surface area contributed by atoms with E-state index in [0.717, 1.165) is 11.1 Å². The lowest BCUT2D eigenvalue weighted by atomic mass is 10.0. The number of benzene rings is 2. The number of carbonyl (C=O) groups is 4. The Balaban J connectivity index is 2.03. The number of hydrogen-bond donors (Lipinski definition) is 3. The van der Waals surface area contributed by atoms with Crippen molar-refractivity contribution < 1.29 is 33.4 Å². The fourth-order valence-electron chi connectivity index (χ4n) is 3.44. The highest BCUT2D eigenvalue weighted by Gasteiger charge is 2.28. The number of methoxy groups -OCH3 is 1. The van der Waals surface area contributed by atoms with E-state index in [1.807, 2.05) is 60.7 Å². The summed E-state index contributed by atoms with van der Waals surface area (Å²) in [4.78, 5) is 50.0. The van der Waals surface area contributed by atoms with Gasteiger partial charge in [0.25, 0.3) is 0 Å². The highest BCUT2D eigenvalue weighted by atomic mass is 16.6. The van der Waals surface area contributed by atoms with Gasteiger partial charge in [0.2, 0.25) is 5.91 Å². The Kier molecular flexibility index (Phi) is 12.1. The molecule has 0 saturated heterocycles. The molecule has 2 rings (SSSR count). The van der Waals surface area contributed by atoms with E-state index in [1.54, 1.807) is 20.8 Å². The summed E-state index contributed by atoms with van der Waals surface area (Å²) in [5, 5.41) is 7.87. The second kappa shape index (κ2) is 15.2. The number of carbonyl (C=O) groups excluding carboxylic acids is 4.